The molecule has 4 heteroatoms. The van der Waals surface area contributed by atoms with Crippen LogP contribution in [0.5, 0.6) is 0 Å². The summed E-state index contributed by atoms with van der Waals surface area (Å²) in [6.45, 7) is 0. The first-order valence-electron chi connectivity index (χ1n) is 21.2. The zero-order chi connectivity index (χ0) is 40.7. The summed E-state index contributed by atoms with van der Waals surface area (Å²) in [7, 11) is 0. The van der Waals surface area contributed by atoms with Crippen LogP contribution in [-0.2, 0) is 0 Å². The molecule has 0 bridgehead atoms. The van der Waals surface area contributed by atoms with Gasteiger partial charge < -0.3 is 18.5 Å². The van der Waals surface area contributed by atoms with Crippen molar-refractivity contribution in [2.24, 2.45) is 0 Å². The highest BCUT2D eigenvalue weighted by Crippen LogP contribution is 2.46. The number of hydrogen-bond donors (Lipinski definition) is 0. The zero-order valence-corrected chi connectivity index (χ0v) is 33.6. The average molecular weight is 792 g/mol. The SMILES string of the molecule is c1ccc(N(c2ccc(-n3c4ccccc4c4ccccc43)cc2)c2ccc(-n3c4ccccc4c4ccccc43)cc2)c(-c2cccc3oc4cc5ccccc5cc4c23)c1. The molecule has 0 aliphatic rings. The molecule has 13 aromatic rings. The summed E-state index contributed by atoms with van der Waals surface area (Å²) in [5.74, 6) is 0. The first kappa shape index (κ1) is 34.5. The van der Waals surface area contributed by atoms with Gasteiger partial charge in [0.1, 0.15) is 11.2 Å². The molecule has 10 aromatic carbocycles. The molecule has 0 saturated heterocycles. The average Bonchev–Trinajstić information content (AvgIpc) is 3.99. The minimum atomic E-state index is 0.875. The molecule has 0 saturated carbocycles. The van der Waals surface area contributed by atoms with Gasteiger partial charge in [0.2, 0.25) is 0 Å². The third-order valence-corrected chi connectivity index (χ3v) is 12.7. The van der Waals surface area contributed by atoms with Crippen LogP contribution in [0.25, 0.3) is 98.8 Å². The predicted octanol–water partition coefficient (Wildman–Crippen LogP) is 16.1. The lowest BCUT2D eigenvalue weighted by Crippen LogP contribution is -2.11. The second kappa shape index (κ2) is 13.6. The van der Waals surface area contributed by atoms with Crippen LogP contribution in [0.3, 0.4) is 0 Å². The van der Waals surface area contributed by atoms with Crippen molar-refractivity contribution in [2.75, 3.05) is 4.90 Å². The van der Waals surface area contributed by atoms with E-state index in [1.54, 1.807) is 0 Å². The van der Waals surface area contributed by atoms with Gasteiger partial charge in [0.05, 0.1) is 27.8 Å². The first-order chi connectivity index (χ1) is 30.8. The van der Waals surface area contributed by atoms with E-state index in [-0.39, 0.29) is 0 Å². The molecule has 0 N–H and O–H groups in total. The zero-order valence-electron chi connectivity index (χ0n) is 33.6. The molecule has 0 amide bonds. The van der Waals surface area contributed by atoms with Crippen molar-refractivity contribution in [3.8, 4) is 22.5 Å². The van der Waals surface area contributed by atoms with Gasteiger partial charge in [0, 0.05) is 60.6 Å². The topological polar surface area (TPSA) is 26.2 Å². The number of para-hydroxylation sites is 5. The smallest absolute Gasteiger partial charge is 0.136 e. The van der Waals surface area contributed by atoms with Crippen molar-refractivity contribution in [3.05, 3.63) is 224 Å². The summed E-state index contributed by atoms with van der Waals surface area (Å²) in [5, 5.41) is 9.59. The largest absolute Gasteiger partial charge is 0.456 e. The van der Waals surface area contributed by atoms with Gasteiger partial charge in [-0.05, 0) is 113 Å². The van der Waals surface area contributed by atoms with Crippen LogP contribution >= 0.6 is 0 Å². The molecular weight excluding hydrogens is 755 g/mol. The summed E-state index contributed by atoms with van der Waals surface area (Å²) in [6, 6.07) is 81.0. The molecule has 0 spiro atoms. The Kier molecular flexibility index (Phi) is 7.57. The van der Waals surface area contributed by atoms with E-state index in [1.807, 2.05) is 0 Å². The Bertz CT molecular complexity index is 3600. The van der Waals surface area contributed by atoms with E-state index in [1.165, 1.54) is 54.4 Å². The van der Waals surface area contributed by atoms with Gasteiger partial charge in [-0.1, -0.05) is 127 Å². The molecule has 4 nitrogen and oxygen atoms in total. The van der Waals surface area contributed by atoms with Crippen molar-refractivity contribution >= 4 is 93.4 Å². The lowest BCUT2D eigenvalue weighted by Gasteiger charge is -2.28. The molecule has 0 unspecified atom stereocenters. The molecule has 0 aliphatic heterocycles. The third-order valence-electron chi connectivity index (χ3n) is 12.7. The Morgan fingerprint density at radius 2 is 0.758 bits per heavy atom. The van der Waals surface area contributed by atoms with Crippen LogP contribution < -0.4 is 4.90 Å². The highest BCUT2D eigenvalue weighted by molar-refractivity contribution is 6.17. The van der Waals surface area contributed by atoms with Crippen LogP contribution in [0.2, 0.25) is 0 Å². The van der Waals surface area contributed by atoms with Gasteiger partial charge in [0.25, 0.3) is 0 Å². The lowest BCUT2D eigenvalue weighted by molar-refractivity contribution is 0.669. The molecule has 290 valence electrons. The highest BCUT2D eigenvalue weighted by Gasteiger charge is 2.22. The van der Waals surface area contributed by atoms with Crippen molar-refractivity contribution in [2.45, 2.75) is 0 Å². The van der Waals surface area contributed by atoms with Crippen LogP contribution in [-0.4, -0.2) is 9.13 Å². The number of hydrogen-bond acceptors (Lipinski definition) is 2. The number of aromatic nitrogens is 2. The van der Waals surface area contributed by atoms with Crippen LogP contribution in [0, 0.1) is 0 Å². The monoisotopic (exact) mass is 791 g/mol. The normalized spacial score (nSPS) is 11.9. The van der Waals surface area contributed by atoms with E-state index in [0.29, 0.717) is 0 Å². The predicted molar refractivity (Wildman–Crippen MR) is 260 cm³/mol. The van der Waals surface area contributed by atoms with Crippen LogP contribution in [0.1, 0.15) is 0 Å². The van der Waals surface area contributed by atoms with Crippen molar-refractivity contribution in [1.29, 1.82) is 0 Å². The number of anilines is 3. The van der Waals surface area contributed by atoms with E-state index in [4.69, 9.17) is 4.42 Å². The summed E-state index contributed by atoms with van der Waals surface area (Å²) < 4.78 is 11.3. The maximum atomic E-state index is 6.59. The molecule has 0 atom stereocenters. The van der Waals surface area contributed by atoms with Gasteiger partial charge >= 0.3 is 0 Å². The van der Waals surface area contributed by atoms with E-state index in [2.05, 4.69) is 238 Å². The summed E-state index contributed by atoms with van der Waals surface area (Å²) in [5.41, 5.74) is 14.2. The quantitative estimate of drug-likeness (QED) is 0.168. The Balaban J connectivity index is 1.01. The van der Waals surface area contributed by atoms with Gasteiger partial charge in [-0.3, -0.25) is 0 Å². The van der Waals surface area contributed by atoms with E-state index in [0.717, 1.165) is 61.5 Å². The molecule has 0 aliphatic carbocycles. The van der Waals surface area contributed by atoms with Gasteiger partial charge in [-0.25, -0.2) is 0 Å². The lowest BCUT2D eigenvalue weighted by atomic mass is 9.96. The number of rotatable bonds is 6. The second-order valence-electron chi connectivity index (χ2n) is 16.1. The molecule has 3 heterocycles. The van der Waals surface area contributed by atoms with Crippen molar-refractivity contribution in [1.82, 2.24) is 9.13 Å². The van der Waals surface area contributed by atoms with Crippen LogP contribution in [0.15, 0.2) is 229 Å². The molecule has 0 fully saturated rings. The standard InChI is InChI=1S/C58H37N3O/c1-2-15-39-37-57-50(36-38(39)14-1)58-49(21-13-27-56(58)62-57)48-20-7-8-22-51(48)59(40-28-32-42(33-29-40)60-52-23-9-3-16-44(52)45-17-4-10-24-53(45)60)41-30-34-43(35-31-41)61-54-25-11-5-18-46(54)47-19-6-12-26-55(47)61/h1-37H. The number of fused-ring (bicyclic) bond motifs is 10. The summed E-state index contributed by atoms with van der Waals surface area (Å²) in [4.78, 5) is 2.40. The van der Waals surface area contributed by atoms with Gasteiger partial charge in [-0.2, -0.15) is 0 Å². The Morgan fingerprint density at radius 1 is 0.323 bits per heavy atom. The van der Waals surface area contributed by atoms with Crippen molar-refractivity contribution < 1.29 is 4.42 Å². The molecule has 62 heavy (non-hydrogen) atoms. The Hall–Kier alpha value is -8.34. The first-order valence-corrected chi connectivity index (χ1v) is 21.2. The Labute approximate surface area is 357 Å². The minimum Gasteiger partial charge on any atom is -0.456 e. The summed E-state index contributed by atoms with van der Waals surface area (Å²) in [6.07, 6.45) is 0. The maximum Gasteiger partial charge on any atom is 0.136 e. The maximum absolute atomic E-state index is 6.59. The van der Waals surface area contributed by atoms with Gasteiger partial charge in [0.15, 0.2) is 0 Å². The molecular formula is C58H37N3O. The number of nitrogens with zero attached hydrogens (tertiary/aromatic N) is 3. The minimum absolute atomic E-state index is 0.875. The highest BCUT2D eigenvalue weighted by atomic mass is 16.3. The molecule has 13 rings (SSSR count). The number of furan rings is 1. The fourth-order valence-electron chi connectivity index (χ4n) is 9.96. The fourth-order valence-corrected chi connectivity index (χ4v) is 9.96. The fraction of sp³-hybridized carbons (Fsp3) is 0. The summed E-state index contributed by atoms with van der Waals surface area (Å²) >= 11 is 0. The Morgan fingerprint density at radius 3 is 1.29 bits per heavy atom. The van der Waals surface area contributed by atoms with E-state index >= 15 is 0 Å². The van der Waals surface area contributed by atoms with E-state index < -0.39 is 0 Å². The number of benzene rings is 10. The van der Waals surface area contributed by atoms with Crippen molar-refractivity contribution in [3.63, 3.8) is 0 Å². The molecule has 0 radical (unpaired) electrons. The van der Waals surface area contributed by atoms with Gasteiger partial charge in [-0.15, -0.1) is 0 Å². The molecule has 3 aromatic heterocycles. The van der Waals surface area contributed by atoms with Crippen LogP contribution in [0.4, 0.5) is 17.1 Å². The second-order valence-corrected chi connectivity index (χ2v) is 16.1. The van der Waals surface area contributed by atoms with E-state index in [9.17, 15) is 0 Å². The third kappa shape index (κ3) is 5.20.